The van der Waals surface area contributed by atoms with Crippen molar-refractivity contribution in [2.24, 2.45) is 0 Å². The van der Waals surface area contributed by atoms with Crippen LogP contribution in [0.15, 0.2) is 30.3 Å². The van der Waals surface area contributed by atoms with Crippen molar-refractivity contribution in [1.29, 1.82) is 0 Å². The van der Waals surface area contributed by atoms with Gasteiger partial charge in [-0.05, 0) is 50.9 Å². The minimum atomic E-state index is 0.748. The van der Waals surface area contributed by atoms with Crippen molar-refractivity contribution in [2.75, 3.05) is 26.2 Å². The van der Waals surface area contributed by atoms with Crippen LogP contribution in [0.25, 0.3) is 10.9 Å². The molecule has 2 aliphatic rings. The van der Waals surface area contributed by atoms with E-state index < -0.39 is 0 Å². The number of pyridine rings is 1. The summed E-state index contributed by atoms with van der Waals surface area (Å²) < 4.78 is 0. The summed E-state index contributed by atoms with van der Waals surface area (Å²) in [5.41, 5.74) is 2.06. The van der Waals surface area contributed by atoms with Crippen LogP contribution in [0.2, 0.25) is 5.02 Å². The summed E-state index contributed by atoms with van der Waals surface area (Å²) >= 11 is 6.30. The van der Waals surface area contributed by atoms with Crippen molar-refractivity contribution in [3.05, 3.63) is 41.0 Å². The van der Waals surface area contributed by atoms with Crippen LogP contribution in [-0.4, -0.2) is 47.0 Å². The van der Waals surface area contributed by atoms with Crippen LogP contribution in [0.4, 0.5) is 0 Å². The van der Waals surface area contributed by atoms with Crippen LogP contribution in [0.1, 0.15) is 37.8 Å². The molecule has 0 saturated carbocycles. The lowest BCUT2D eigenvalue weighted by Gasteiger charge is -2.40. The van der Waals surface area contributed by atoms with E-state index in [9.17, 15) is 0 Å². The molecule has 4 rings (SSSR count). The molecule has 0 radical (unpaired) electrons. The molecule has 128 valence electrons. The number of aromatic nitrogens is 1. The van der Waals surface area contributed by atoms with Crippen LogP contribution in [0.3, 0.4) is 0 Å². The second kappa shape index (κ2) is 7.38. The number of likely N-dealkylation sites (tertiary alicyclic amines) is 2. The lowest BCUT2D eigenvalue weighted by Crippen LogP contribution is -2.46. The molecule has 0 bridgehead atoms. The van der Waals surface area contributed by atoms with Crippen LogP contribution < -0.4 is 0 Å². The van der Waals surface area contributed by atoms with Crippen molar-refractivity contribution in [3.8, 4) is 0 Å². The predicted octanol–water partition coefficient (Wildman–Crippen LogP) is 4.34. The van der Waals surface area contributed by atoms with E-state index in [0.717, 1.165) is 34.2 Å². The maximum Gasteiger partial charge on any atom is 0.0891 e. The lowest BCUT2D eigenvalue weighted by atomic mass is 10.00. The predicted molar refractivity (Wildman–Crippen MR) is 100 cm³/mol. The number of rotatable bonds is 3. The first-order chi connectivity index (χ1) is 11.8. The molecule has 2 aromatic rings. The Morgan fingerprint density at radius 2 is 1.75 bits per heavy atom. The first-order valence-corrected chi connectivity index (χ1v) is 9.68. The second-order valence-electron chi connectivity index (χ2n) is 7.22. The fraction of sp³-hybridized carbons (Fsp3) is 0.550. The molecule has 2 fully saturated rings. The number of hydrogen-bond acceptors (Lipinski definition) is 3. The summed E-state index contributed by atoms with van der Waals surface area (Å²) in [4.78, 5) is 10.1. The van der Waals surface area contributed by atoms with Gasteiger partial charge in [-0.15, -0.1) is 0 Å². The fourth-order valence-corrected chi connectivity index (χ4v) is 4.42. The zero-order chi connectivity index (χ0) is 16.4. The number of benzene rings is 1. The van der Waals surface area contributed by atoms with Crippen molar-refractivity contribution >= 4 is 22.5 Å². The molecule has 1 aromatic heterocycles. The Labute approximate surface area is 149 Å². The van der Waals surface area contributed by atoms with E-state index in [-0.39, 0.29) is 0 Å². The molecule has 0 aliphatic carbocycles. The van der Waals surface area contributed by atoms with Gasteiger partial charge in [-0.3, -0.25) is 4.90 Å². The van der Waals surface area contributed by atoms with Crippen molar-refractivity contribution in [3.63, 3.8) is 0 Å². The molecule has 0 spiro atoms. The van der Waals surface area contributed by atoms with E-state index in [4.69, 9.17) is 16.6 Å². The Kier molecular flexibility index (Phi) is 5.02. The van der Waals surface area contributed by atoms with Gasteiger partial charge in [0, 0.05) is 31.1 Å². The third-order valence-corrected chi connectivity index (χ3v) is 5.88. The van der Waals surface area contributed by atoms with Gasteiger partial charge in [0.2, 0.25) is 0 Å². The van der Waals surface area contributed by atoms with Gasteiger partial charge < -0.3 is 4.90 Å². The van der Waals surface area contributed by atoms with Crippen LogP contribution in [0, 0.1) is 0 Å². The standard InChI is InChI=1S/C20H26ClN3/c21-19-6-4-5-16-7-8-17(22-20(16)19)15-23-13-9-18(10-14-23)24-11-2-1-3-12-24/h4-8,18H,1-3,9-15H2. The molecule has 0 amide bonds. The molecule has 4 heteroatoms. The highest BCUT2D eigenvalue weighted by Gasteiger charge is 2.25. The van der Waals surface area contributed by atoms with E-state index >= 15 is 0 Å². The first-order valence-electron chi connectivity index (χ1n) is 9.30. The highest BCUT2D eigenvalue weighted by atomic mass is 35.5. The highest BCUT2D eigenvalue weighted by Crippen LogP contribution is 2.24. The highest BCUT2D eigenvalue weighted by molar-refractivity contribution is 6.35. The Balaban J connectivity index is 1.37. The van der Waals surface area contributed by atoms with E-state index in [1.54, 1.807) is 0 Å². The number of hydrogen-bond donors (Lipinski definition) is 0. The molecule has 2 aliphatic heterocycles. The lowest BCUT2D eigenvalue weighted by molar-refractivity contribution is 0.0892. The molecule has 0 N–H and O–H groups in total. The fourth-order valence-electron chi connectivity index (χ4n) is 4.19. The zero-order valence-corrected chi connectivity index (χ0v) is 15.0. The minimum Gasteiger partial charge on any atom is -0.300 e. The van der Waals surface area contributed by atoms with Crippen LogP contribution >= 0.6 is 11.6 Å². The third kappa shape index (κ3) is 3.58. The zero-order valence-electron chi connectivity index (χ0n) is 14.3. The summed E-state index contributed by atoms with van der Waals surface area (Å²) in [7, 11) is 0. The largest absolute Gasteiger partial charge is 0.300 e. The van der Waals surface area contributed by atoms with E-state index in [1.165, 1.54) is 58.3 Å². The van der Waals surface area contributed by atoms with Gasteiger partial charge in [0.25, 0.3) is 0 Å². The number of fused-ring (bicyclic) bond motifs is 1. The molecule has 3 heterocycles. The maximum absolute atomic E-state index is 6.30. The summed E-state index contributed by atoms with van der Waals surface area (Å²) in [6, 6.07) is 11.1. The van der Waals surface area contributed by atoms with Gasteiger partial charge in [0.05, 0.1) is 16.2 Å². The molecular weight excluding hydrogens is 318 g/mol. The maximum atomic E-state index is 6.30. The number of halogens is 1. The Morgan fingerprint density at radius 3 is 2.54 bits per heavy atom. The minimum absolute atomic E-state index is 0.748. The smallest absolute Gasteiger partial charge is 0.0891 e. The summed E-state index contributed by atoms with van der Waals surface area (Å²) in [5.74, 6) is 0. The average Bonchev–Trinajstić information content (AvgIpc) is 2.64. The molecule has 1 aromatic carbocycles. The Hall–Kier alpha value is -1.16. The molecule has 0 atom stereocenters. The van der Waals surface area contributed by atoms with Crippen molar-refractivity contribution in [1.82, 2.24) is 14.8 Å². The Morgan fingerprint density at radius 1 is 0.958 bits per heavy atom. The molecule has 3 nitrogen and oxygen atoms in total. The Bertz CT molecular complexity index is 688. The van der Waals surface area contributed by atoms with Crippen molar-refractivity contribution in [2.45, 2.75) is 44.7 Å². The molecule has 24 heavy (non-hydrogen) atoms. The van der Waals surface area contributed by atoms with Gasteiger partial charge in [-0.2, -0.15) is 0 Å². The van der Waals surface area contributed by atoms with Crippen molar-refractivity contribution < 1.29 is 0 Å². The SMILES string of the molecule is Clc1cccc2ccc(CN3CCC(N4CCCCC4)CC3)nc12. The first kappa shape index (κ1) is 16.3. The van der Waals surface area contributed by atoms with Gasteiger partial charge in [0.15, 0.2) is 0 Å². The summed E-state index contributed by atoms with van der Waals surface area (Å²) in [6.07, 6.45) is 6.80. The van der Waals surface area contributed by atoms with Gasteiger partial charge in [0.1, 0.15) is 0 Å². The quantitative estimate of drug-likeness (QED) is 0.826. The summed E-state index contributed by atoms with van der Waals surface area (Å²) in [5, 5.41) is 1.87. The van der Waals surface area contributed by atoms with E-state index in [1.807, 2.05) is 12.1 Å². The third-order valence-electron chi connectivity index (χ3n) is 5.58. The second-order valence-corrected chi connectivity index (χ2v) is 7.63. The molecule has 0 unspecified atom stereocenters. The average molecular weight is 344 g/mol. The molecule has 2 saturated heterocycles. The van der Waals surface area contributed by atoms with Crippen LogP contribution in [-0.2, 0) is 6.54 Å². The topological polar surface area (TPSA) is 19.4 Å². The molecular formula is C20H26ClN3. The normalized spacial score (nSPS) is 21.4. The van der Waals surface area contributed by atoms with Crippen LogP contribution in [0.5, 0.6) is 0 Å². The monoisotopic (exact) mass is 343 g/mol. The number of nitrogens with zero attached hydrogens (tertiary/aromatic N) is 3. The number of piperidine rings is 2. The van der Waals surface area contributed by atoms with E-state index in [2.05, 4.69) is 28.0 Å². The van der Waals surface area contributed by atoms with Gasteiger partial charge in [-0.1, -0.05) is 36.2 Å². The summed E-state index contributed by atoms with van der Waals surface area (Å²) in [6.45, 7) is 5.94. The van der Waals surface area contributed by atoms with Gasteiger partial charge >= 0.3 is 0 Å². The van der Waals surface area contributed by atoms with Gasteiger partial charge in [-0.25, -0.2) is 4.98 Å². The van der Waals surface area contributed by atoms with E-state index in [0.29, 0.717) is 0 Å². The number of para-hydroxylation sites is 1.